The number of nitrogens with zero attached hydrogens (tertiary/aromatic N) is 5. The van der Waals surface area contributed by atoms with Gasteiger partial charge in [-0.2, -0.15) is 0 Å². The van der Waals surface area contributed by atoms with Crippen molar-refractivity contribution in [3.05, 3.63) is 35.2 Å². The van der Waals surface area contributed by atoms with Crippen molar-refractivity contribution in [2.24, 2.45) is 0 Å². The highest BCUT2D eigenvalue weighted by Crippen LogP contribution is 2.35. The van der Waals surface area contributed by atoms with Gasteiger partial charge in [-0.3, -0.25) is 4.90 Å². The number of phenolic OH excluding ortho intramolecular Hbond substituents is 1. The molecule has 1 aromatic carbocycles. The molecule has 7 nitrogen and oxygen atoms in total. The van der Waals surface area contributed by atoms with Crippen LogP contribution in [-0.2, 0) is 11.3 Å². The maximum absolute atomic E-state index is 9.96. The maximum Gasteiger partial charge on any atom is 0.162 e. The highest BCUT2D eigenvalue weighted by Gasteiger charge is 2.21. The van der Waals surface area contributed by atoms with E-state index in [4.69, 9.17) is 14.7 Å². The second-order valence-electron chi connectivity index (χ2n) is 8.51. The molecule has 3 aromatic rings. The monoisotopic (exact) mass is 453 g/mol. The normalized spacial score (nSPS) is 18.8. The summed E-state index contributed by atoms with van der Waals surface area (Å²) < 4.78 is 6.72. The molecule has 5 rings (SSSR count). The molecule has 0 saturated carbocycles. The van der Waals surface area contributed by atoms with Crippen LogP contribution in [0.4, 0.5) is 5.82 Å². The number of ether oxygens (including phenoxy) is 1. The zero-order valence-electron chi connectivity index (χ0n) is 18.7. The third kappa shape index (κ3) is 4.73. The number of morpholine rings is 1. The van der Waals surface area contributed by atoms with E-state index in [1.165, 1.54) is 17.8 Å². The van der Waals surface area contributed by atoms with E-state index >= 15 is 0 Å². The molecule has 0 spiro atoms. The first-order valence-corrected chi connectivity index (χ1v) is 12.4. The molecule has 0 unspecified atom stereocenters. The van der Waals surface area contributed by atoms with E-state index < -0.39 is 0 Å². The molecule has 2 fully saturated rings. The van der Waals surface area contributed by atoms with E-state index in [1.807, 2.05) is 23.5 Å². The van der Waals surface area contributed by atoms with Crippen molar-refractivity contribution in [2.75, 3.05) is 63.9 Å². The lowest BCUT2D eigenvalue weighted by Gasteiger charge is -2.28. The molecule has 0 amide bonds. The number of rotatable bonds is 5. The van der Waals surface area contributed by atoms with Gasteiger partial charge in [-0.25, -0.2) is 9.97 Å². The number of phenols is 1. The van der Waals surface area contributed by atoms with Crippen LogP contribution in [-0.4, -0.2) is 83.9 Å². The third-order valence-electron chi connectivity index (χ3n) is 6.33. The van der Waals surface area contributed by atoms with Gasteiger partial charge in [0, 0.05) is 43.2 Å². The molecular formula is C24H31N5O2S. The third-order valence-corrected chi connectivity index (χ3v) is 7.43. The summed E-state index contributed by atoms with van der Waals surface area (Å²) in [6, 6.07) is 9.43. The Kier molecular flexibility index (Phi) is 6.54. The van der Waals surface area contributed by atoms with Gasteiger partial charge >= 0.3 is 0 Å². The van der Waals surface area contributed by atoms with Crippen LogP contribution in [0.15, 0.2) is 30.3 Å². The first-order chi connectivity index (χ1) is 15.7. The molecule has 2 aromatic heterocycles. The summed E-state index contributed by atoms with van der Waals surface area (Å²) in [6.07, 6.45) is 1.22. The molecule has 1 N–H and O–H groups in total. The van der Waals surface area contributed by atoms with Crippen LogP contribution in [0.2, 0.25) is 0 Å². The predicted molar refractivity (Wildman–Crippen MR) is 130 cm³/mol. The van der Waals surface area contributed by atoms with E-state index in [0.29, 0.717) is 19.0 Å². The van der Waals surface area contributed by atoms with Gasteiger partial charge in [0.2, 0.25) is 0 Å². The Morgan fingerprint density at radius 1 is 1.00 bits per heavy atom. The number of hydrogen-bond acceptors (Lipinski definition) is 8. The van der Waals surface area contributed by atoms with E-state index in [2.05, 4.69) is 27.7 Å². The molecule has 0 atom stereocenters. The lowest BCUT2D eigenvalue weighted by Crippen LogP contribution is -2.36. The Labute approximate surface area is 193 Å². The van der Waals surface area contributed by atoms with Crippen LogP contribution in [0.25, 0.3) is 21.6 Å². The second kappa shape index (κ2) is 9.70. The smallest absolute Gasteiger partial charge is 0.162 e. The molecule has 2 saturated heterocycles. The lowest BCUT2D eigenvalue weighted by atomic mass is 10.2. The largest absolute Gasteiger partial charge is 0.508 e. The summed E-state index contributed by atoms with van der Waals surface area (Å²) in [5.74, 6) is 1.88. The van der Waals surface area contributed by atoms with Crippen molar-refractivity contribution in [2.45, 2.75) is 19.9 Å². The quantitative estimate of drug-likeness (QED) is 0.635. The molecule has 2 aliphatic heterocycles. The molecule has 0 bridgehead atoms. The van der Waals surface area contributed by atoms with Gasteiger partial charge in [0.1, 0.15) is 5.75 Å². The summed E-state index contributed by atoms with van der Waals surface area (Å²) in [5, 5.41) is 9.96. The fraction of sp³-hybridized carbons (Fsp3) is 0.500. The number of aromatic hydroxyl groups is 1. The molecule has 4 heterocycles. The molecule has 2 aliphatic rings. The molecule has 8 heteroatoms. The SMILES string of the molecule is CCN1CCCN(Cc2cc3nc(-c4cccc(O)c4)nc(N4CCOCC4)c3s2)CC1. The van der Waals surface area contributed by atoms with Crippen LogP contribution in [0.5, 0.6) is 5.75 Å². The number of aromatic nitrogens is 2. The number of benzene rings is 1. The Hall–Kier alpha value is -2.26. The summed E-state index contributed by atoms with van der Waals surface area (Å²) in [4.78, 5) is 18.6. The number of fused-ring (bicyclic) bond motifs is 1. The second-order valence-corrected chi connectivity index (χ2v) is 9.65. The Balaban J connectivity index is 1.48. The van der Waals surface area contributed by atoms with Gasteiger partial charge in [0.15, 0.2) is 11.6 Å². The minimum atomic E-state index is 0.229. The number of hydrogen-bond donors (Lipinski definition) is 1. The average molecular weight is 454 g/mol. The lowest BCUT2D eigenvalue weighted by molar-refractivity contribution is 0.122. The Bertz CT molecular complexity index is 1070. The minimum absolute atomic E-state index is 0.229. The van der Waals surface area contributed by atoms with Crippen LogP contribution < -0.4 is 4.90 Å². The summed E-state index contributed by atoms with van der Waals surface area (Å²) in [7, 11) is 0. The fourth-order valence-electron chi connectivity index (χ4n) is 4.52. The highest BCUT2D eigenvalue weighted by molar-refractivity contribution is 7.19. The Morgan fingerprint density at radius 2 is 1.81 bits per heavy atom. The number of thiophene rings is 1. The van der Waals surface area contributed by atoms with E-state index in [0.717, 1.165) is 67.4 Å². The number of anilines is 1. The van der Waals surface area contributed by atoms with Gasteiger partial charge in [0.05, 0.1) is 23.4 Å². The molecule has 170 valence electrons. The van der Waals surface area contributed by atoms with E-state index in [1.54, 1.807) is 12.1 Å². The fourth-order valence-corrected chi connectivity index (χ4v) is 5.68. The predicted octanol–water partition coefficient (Wildman–Crippen LogP) is 3.43. The van der Waals surface area contributed by atoms with Crippen LogP contribution in [0.3, 0.4) is 0 Å². The van der Waals surface area contributed by atoms with Crippen molar-refractivity contribution >= 4 is 27.4 Å². The molecule has 32 heavy (non-hydrogen) atoms. The van der Waals surface area contributed by atoms with Gasteiger partial charge in [-0.05, 0) is 44.3 Å². The van der Waals surface area contributed by atoms with Crippen LogP contribution in [0, 0.1) is 0 Å². The molecule has 0 radical (unpaired) electrons. The van der Waals surface area contributed by atoms with Crippen LogP contribution >= 0.6 is 11.3 Å². The van der Waals surface area contributed by atoms with Crippen molar-refractivity contribution in [3.63, 3.8) is 0 Å². The zero-order valence-corrected chi connectivity index (χ0v) is 19.5. The van der Waals surface area contributed by atoms with Gasteiger partial charge in [-0.15, -0.1) is 11.3 Å². The van der Waals surface area contributed by atoms with Gasteiger partial charge < -0.3 is 19.6 Å². The highest BCUT2D eigenvalue weighted by atomic mass is 32.1. The first-order valence-electron chi connectivity index (χ1n) is 11.6. The summed E-state index contributed by atoms with van der Waals surface area (Å²) in [5.41, 5.74) is 1.83. The topological polar surface area (TPSA) is 65.0 Å². The van der Waals surface area contributed by atoms with E-state index in [-0.39, 0.29) is 5.75 Å². The summed E-state index contributed by atoms with van der Waals surface area (Å²) in [6.45, 7) is 12.0. The average Bonchev–Trinajstić information content (AvgIpc) is 3.09. The van der Waals surface area contributed by atoms with Gasteiger partial charge in [-0.1, -0.05) is 19.1 Å². The van der Waals surface area contributed by atoms with Crippen molar-refractivity contribution in [3.8, 4) is 17.1 Å². The van der Waals surface area contributed by atoms with Crippen LogP contribution in [0.1, 0.15) is 18.2 Å². The summed E-state index contributed by atoms with van der Waals surface area (Å²) >= 11 is 1.82. The van der Waals surface area contributed by atoms with Gasteiger partial charge in [0.25, 0.3) is 0 Å². The zero-order chi connectivity index (χ0) is 21.9. The maximum atomic E-state index is 9.96. The molecule has 0 aliphatic carbocycles. The van der Waals surface area contributed by atoms with Crippen molar-refractivity contribution in [1.29, 1.82) is 0 Å². The first kappa shape index (κ1) is 21.6. The standard InChI is InChI=1S/C24H31N5O2S/c1-2-27-7-4-8-28(10-9-27)17-20-16-21-22(32-20)24(29-11-13-31-14-12-29)26-23(25-21)18-5-3-6-19(30)15-18/h3,5-6,15-16,30H,2,4,7-14,17H2,1H3. The minimum Gasteiger partial charge on any atom is -0.508 e. The van der Waals surface area contributed by atoms with Crippen molar-refractivity contribution in [1.82, 2.24) is 19.8 Å². The van der Waals surface area contributed by atoms with E-state index in [9.17, 15) is 5.11 Å². The van der Waals surface area contributed by atoms with Crippen molar-refractivity contribution < 1.29 is 9.84 Å². The Morgan fingerprint density at radius 3 is 2.62 bits per heavy atom. The number of likely N-dealkylation sites (N-methyl/N-ethyl adjacent to an activating group) is 1. The molecular weight excluding hydrogens is 422 g/mol.